The fourth-order valence-corrected chi connectivity index (χ4v) is 2.96. The summed E-state index contributed by atoms with van der Waals surface area (Å²) < 4.78 is 1.84. The van der Waals surface area contributed by atoms with E-state index in [1.807, 2.05) is 4.68 Å². The fraction of sp³-hybridized carbons (Fsp3) is 0.714. The highest BCUT2D eigenvalue weighted by Gasteiger charge is 2.28. The number of aryl methyl sites for hydroxylation is 1. The Morgan fingerprint density at radius 2 is 2.33 bits per heavy atom. The smallest absolute Gasteiger partial charge is 0.100 e. The lowest BCUT2D eigenvalue weighted by molar-refractivity contribution is 0.0846. The Morgan fingerprint density at radius 3 is 3.00 bits per heavy atom. The molecule has 100 valence electrons. The molecule has 1 aliphatic carbocycles. The summed E-state index contributed by atoms with van der Waals surface area (Å²) in [4.78, 5) is 0. The van der Waals surface area contributed by atoms with Crippen molar-refractivity contribution in [2.45, 2.75) is 52.7 Å². The lowest BCUT2D eigenvalue weighted by atomic mass is 9.80. The molecule has 3 atom stereocenters. The van der Waals surface area contributed by atoms with Crippen molar-refractivity contribution >= 4 is 0 Å². The van der Waals surface area contributed by atoms with Gasteiger partial charge in [0.05, 0.1) is 11.9 Å². The minimum atomic E-state index is -0.447. The molecule has 1 heterocycles. The molecule has 0 radical (unpaired) electrons. The lowest BCUT2D eigenvalue weighted by Gasteiger charge is -2.29. The Bertz CT molecular complexity index is 424. The molecule has 2 rings (SSSR count). The van der Waals surface area contributed by atoms with E-state index in [0.717, 1.165) is 31.5 Å². The van der Waals surface area contributed by atoms with E-state index >= 15 is 0 Å². The second-order valence-corrected chi connectivity index (χ2v) is 5.52. The van der Waals surface area contributed by atoms with Crippen LogP contribution in [0.15, 0.2) is 17.8 Å². The Morgan fingerprint density at radius 1 is 1.56 bits per heavy atom. The molecule has 1 aliphatic rings. The molecule has 1 N–H and O–H groups in total. The van der Waals surface area contributed by atoms with Gasteiger partial charge >= 0.3 is 0 Å². The predicted octanol–water partition coefficient (Wildman–Crippen LogP) is 2.71. The molecule has 0 amide bonds. The predicted molar refractivity (Wildman–Crippen MR) is 70.9 cm³/mol. The SMILES string of the molecule is CCCn1nncc1C(O)C1CC(C)=CC(C)C1. The van der Waals surface area contributed by atoms with Crippen LogP contribution in [0.3, 0.4) is 0 Å². The van der Waals surface area contributed by atoms with Crippen molar-refractivity contribution in [2.75, 3.05) is 0 Å². The van der Waals surface area contributed by atoms with Crippen LogP contribution >= 0.6 is 0 Å². The van der Waals surface area contributed by atoms with Crippen molar-refractivity contribution < 1.29 is 5.11 Å². The lowest BCUT2D eigenvalue weighted by Crippen LogP contribution is -2.22. The normalized spacial score (nSPS) is 25.9. The largest absolute Gasteiger partial charge is 0.386 e. The van der Waals surface area contributed by atoms with Gasteiger partial charge in [0.1, 0.15) is 6.10 Å². The van der Waals surface area contributed by atoms with E-state index in [1.54, 1.807) is 6.20 Å². The van der Waals surface area contributed by atoms with E-state index in [0.29, 0.717) is 11.8 Å². The number of nitrogens with zero attached hydrogens (tertiary/aromatic N) is 3. The Kier molecular flexibility index (Phi) is 4.17. The molecule has 18 heavy (non-hydrogen) atoms. The highest BCUT2D eigenvalue weighted by Crippen LogP contribution is 2.36. The molecule has 4 nitrogen and oxygen atoms in total. The summed E-state index contributed by atoms with van der Waals surface area (Å²) in [6, 6.07) is 0. The molecule has 0 saturated carbocycles. The molecule has 1 aromatic heterocycles. The maximum Gasteiger partial charge on any atom is 0.100 e. The Balaban J connectivity index is 2.13. The number of aromatic nitrogens is 3. The quantitative estimate of drug-likeness (QED) is 0.835. The summed E-state index contributed by atoms with van der Waals surface area (Å²) >= 11 is 0. The molecule has 0 spiro atoms. The van der Waals surface area contributed by atoms with Crippen LogP contribution in [0.4, 0.5) is 0 Å². The van der Waals surface area contributed by atoms with Crippen molar-refractivity contribution in [3.05, 3.63) is 23.5 Å². The molecule has 3 unspecified atom stereocenters. The number of allylic oxidation sites excluding steroid dienone is 2. The third-order valence-corrected chi connectivity index (χ3v) is 3.66. The first-order valence-corrected chi connectivity index (χ1v) is 6.85. The third-order valence-electron chi connectivity index (χ3n) is 3.66. The molecule has 0 aromatic carbocycles. The van der Waals surface area contributed by atoms with Gasteiger partial charge in [-0.1, -0.05) is 30.7 Å². The average molecular weight is 249 g/mol. The van der Waals surface area contributed by atoms with Crippen LogP contribution in [-0.2, 0) is 6.54 Å². The van der Waals surface area contributed by atoms with Gasteiger partial charge in [0.25, 0.3) is 0 Å². The van der Waals surface area contributed by atoms with Gasteiger partial charge < -0.3 is 5.11 Å². The molecule has 0 saturated heterocycles. The van der Waals surface area contributed by atoms with Gasteiger partial charge in [0.15, 0.2) is 0 Å². The number of rotatable bonds is 4. The molecular formula is C14H23N3O. The van der Waals surface area contributed by atoms with Gasteiger partial charge in [-0.2, -0.15) is 0 Å². The zero-order chi connectivity index (χ0) is 13.1. The molecule has 1 aromatic rings. The van der Waals surface area contributed by atoms with Crippen LogP contribution in [0.2, 0.25) is 0 Å². The summed E-state index contributed by atoms with van der Waals surface area (Å²) in [5.41, 5.74) is 2.25. The first-order chi connectivity index (χ1) is 8.61. The molecule has 0 fully saturated rings. The maximum absolute atomic E-state index is 10.5. The van der Waals surface area contributed by atoms with E-state index in [1.165, 1.54) is 5.57 Å². The summed E-state index contributed by atoms with van der Waals surface area (Å²) in [5.74, 6) is 0.841. The summed E-state index contributed by atoms with van der Waals surface area (Å²) in [6.45, 7) is 7.29. The first-order valence-electron chi connectivity index (χ1n) is 6.85. The van der Waals surface area contributed by atoms with Crippen LogP contribution in [0.25, 0.3) is 0 Å². The maximum atomic E-state index is 10.5. The van der Waals surface area contributed by atoms with Gasteiger partial charge in [-0.15, -0.1) is 5.10 Å². The van der Waals surface area contributed by atoms with E-state index in [4.69, 9.17) is 0 Å². The standard InChI is InChI=1S/C14H23N3O/c1-4-5-17-13(9-15-16-17)14(18)12-7-10(2)6-11(3)8-12/h6,9-10,12,14,18H,4-5,7-8H2,1-3H3. The molecule has 0 aliphatic heterocycles. The zero-order valence-electron chi connectivity index (χ0n) is 11.5. The van der Waals surface area contributed by atoms with E-state index < -0.39 is 6.10 Å². The topological polar surface area (TPSA) is 50.9 Å². The minimum Gasteiger partial charge on any atom is -0.386 e. The number of aliphatic hydroxyl groups is 1. The van der Waals surface area contributed by atoms with Gasteiger partial charge in [0.2, 0.25) is 0 Å². The van der Waals surface area contributed by atoms with E-state index in [2.05, 4.69) is 37.2 Å². The van der Waals surface area contributed by atoms with Gasteiger partial charge in [-0.3, -0.25) is 0 Å². The Labute approximate surface area is 109 Å². The van der Waals surface area contributed by atoms with Gasteiger partial charge in [-0.25, -0.2) is 4.68 Å². The molecule has 4 heteroatoms. The van der Waals surface area contributed by atoms with Crippen molar-refractivity contribution in [3.8, 4) is 0 Å². The average Bonchev–Trinajstić information content (AvgIpc) is 2.75. The third kappa shape index (κ3) is 2.80. The van der Waals surface area contributed by atoms with E-state index in [-0.39, 0.29) is 0 Å². The van der Waals surface area contributed by atoms with Crippen molar-refractivity contribution in [1.29, 1.82) is 0 Å². The Hall–Kier alpha value is -1.16. The van der Waals surface area contributed by atoms with Crippen molar-refractivity contribution in [3.63, 3.8) is 0 Å². The van der Waals surface area contributed by atoms with E-state index in [9.17, 15) is 5.11 Å². The van der Waals surface area contributed by atoms with Crippen molar-refractivity contribution in [1.82, 2.24) is 15.0 Å². The second-order valence-electron chi connectivity index (χ2n) is 5.52. The molecular weight excluding hydrogens is 226 g/mol. The number of hydrogen-bond acceptors (Lipinski definition) is 3. The van der Waals surface area contributed by atoms with Crippen molar-refractivity contribution in [2.24, 2.45) is 11.8 Å². The number of hydrogen-bond donors (Lipinski definition) is 1. The zero-order valence-corrected chi connectivity index (χ0v) is 11.5. The van der Waals surface area contributed by atoms with Gasteiger partial charge in [0, 0.05) is 6.54 Å². The summed E-state index contributed by atoms with van der Waals surface area (Å²) in [6.07, 6.45) is 6.59. The first kappa shape index (κ1) is 13.3. The summed E-state index contributed by atoms with van der Waals surface area (Å²) in [7, 11) is 0. The fourth-order valence-electron chi connectivity index (χ4n) is 2.96. The molecule has 0 bridgehead atoms. The van der Waals surface area contributed by atoms with Crippen LogP contribution < -0.4 is 0 Å². The van der Waals surface area contributed by atoms with Crippen LogP contribution in [-0.4, -0.2) is 20.1 Å². The number of aliphatic hydroxyl groups excluding tert-OH is 1. The van der Waals surface area contributed by atoms with Crippen LogP contribution in [0.5, 0.6) is 0 Å². The monoisotopic (exact) mass is 249 g/mol. The van der Waals surface area contributed by atoms with Crippen LogP contribution in [0, 0.1) is 11.8 Å². The van der Waals surface area contributed by atoms with Gasteiger partial charge in [-0.05, 0) is 38.0 Å². The minimum absolute atomic E-state index is 0.291. The highest BCUT2D eigenvalue weighted by molar-refractivity contribution is 5.11. The second kappa shape index (κ2) is 5.65. The van der Waals surface area contributed by atoms with Crippen LogP contribution in [0.1, 0.15) is 51.8 Å². The highest BCUT2D eigenvalue weighted by atomic mass is 16.3. The summed E-state index contributed by atoms with van der Waals surface area (Å²) in [5, 5.41) is 18.5.